The molecule has 0 atom stereocenters. The van der Waals surface area contributed by atoms with Crippen LogP contribution in [0.1, 0.15) is 11.1 Å². The summed E-state index contributed by atoms with van der Waals surface area (Å²) in [6.45, 7) is 3.89. The van der Waals surface area contributed by atoms with Crippen molar-refractivity contribution in [3.05, 3.63) is 29.3 Å². The number of carbonyl (C=O) groups is 2. The molecule has 0 aliphatic rings. The van der Waals surface area contributed by atoms with Crippen LogP contribution in [0.2, 0.25) is 0 Å². The first kappa shape index (κ1) is 13.5. The summed E-state index contributed by atoms with van der Waals surface area (Å²) in [7, 11) is 1.61. The molecule has 1 rings (SSSR count). The summed E-state index contributed by atoms with van der Waals surface area (Å²) >= 11 is 5.32. The lowest BCUT2D eigenvalue weighted by atomic mass is 10.1. The standard InChI is InChI=1S/C12H15ClN2O2/c1-8-4-5-10(9(2)6-8)15(3)12(17)14-11(16)7-13/h4-6H,7H2,1-3H3,(H,14,16,17). The van der Waals surface area contributed by atoms with E-state index in [0.29, 0.717) is 0 Å². The molecule has 0 saturated carbocycles. The largest absolute Gasteiger partial charge is 0.328 e. The van der Waals surface area contributed by atoms with Crippen LogP contribution in [0.25, 0.3) is 0 Å². The molecule has 0 fully saturated rings. The van der Waals surface area contributed by atoms with Crippen LogP contribution >= 0.6 is 11.6 Å². The van der Waals surface area contributed by atoms with Crippen molar-refractivity contribution >= 4 is 29.2 Å². The summed E-state index contributed by atoms with van der Waals surface area (Å²) < 4.78 is 0. The van der Waals surface area contributed by atoms with Gasteiger partial charge in [-0.3, -0.25) is 15.0 Å². The number of nitrogens with one attached hydrogen (secondary N) is 1. The second-order valence-electron chi connectivity index (χ2n) is 3.84. The van der Waals surface area contributed by atoms with Crippen LogP contribution in [0.3, 0.4) is 0 Å². The van der Waals surface area contributed by atoms with E-state index < -0.39 is 11.9 Å². The van der Waals surface area contributed by atoms with Crippen LogP contribution in [0.5, 0.6) is 0 Å². The van der Waals surface area contributed by atoms with Crippen molar-refractivity contribution in [2.24, 2.45) is 0 Å². The van der Waals surface area contributed by atoms with Crippen LogP contribution in [-0.2, 0) is 4.79 Å². The Bertz CT molecular complexity index is 446. The SMILES string of the molecule is Cc1ccc(N(C)C(=O)NC(=O)CCl)c(C)c1. The first-order chi connectivity index (χ1) is 7.95. The highest BCUT2D eigenvalue weighted by molar-refractivity contribution is 6.28. The van der Waals surface area contributed by atoms with Gasteiger partial charge in [0.2, 0.25) is 5.91 Å². The molecule has 0 radical (unpaired) electrons. The van der Waals surface area contributed by atoms with E-state index >= 15 is 0 Å². The van der Waals surface area contributed by atoms with Gasteiger partial charge in [0, 0.05) is 12.7 Å². The molecule has 5 heteroatoms. The zero-order valence-corrected chi connectivity index (χ0v) is 10.8. The summed E-state index contributed by atoms with van der Waals surface area (Å²) in [5, 5.41) is 2.19. The molecule has 1 N–H and O–H groups in total. The highest BCUT2D eigenvalue weighted by Crippen LogP contribution is 2.19. The van der Waals surface area contributed by atoms with Gasteiger partial charge in [-0.05, 0) is 25.5 Å². The van der Waals surface area contributed by atoms with Crippen molar-refractivity contribution in [3.63, 3.8) is 0 Å². The maximum Gasteiger partial charge on any atom is 0.328 e. The van der Waals surface area contributed by atoms with Gasteiger partial charge in [0.1, 0.15) is 5.88 Å². The van der Waals surface area contributed by atoms with Gasteiger partial charge in [-0.2, -0.15) is 0 Å². The Morgan fingerprint density at radius 2 is 2.00 bits per heavy atom. The second-order valence-corrected chi connectivity index (χ2v) is 4.10. The predicted octanol–water partition coefficient (Wildman–Crippen LogP) is 2.21. The van der Waals surface area contributed by atoms with Crippen LogP contribution in [0, 0.1) is 13.8 Å². The van der Waals surface area contributed by atoms with Crippen molar-refractivity contribution in [1.29, 1.82) is 0 Å². The molecule has 92 valence electrons. The predicted molar refractivity (Wildman–Crippen MR) is 68.6 cm³/mol. The maximum absolute atomic E-state index is 11.7. The third-order valence-electron chi connectivity index (χ3n) is 2.39. The third-order valence-corrected chi connectivity index (χ3v) is 2.63. The fourth-order valence-electron chi connectivity index (χ4n) is 1.53. The Morgan fingerprint density at radius 3 is 2.53 bits per heavy atom. The van der Waals surface area contributed by atoms with Gasteiger partial charge in [0.05, 0.1) is 0 Å². The maximum atomic E-state index is 11.7. The Hall–Kier alpha value is -1.55. The summed E-state index contributed by atoms with van der Waals surface area (Å²) in [5.41, 5.74) is 2.85. The second kappa shape index (κ2) is 5.68. The van der Waals surface area contributed by atoms with Crippen LogP contribution in [0.4, 0.5) is 10.5 Å². The minimum absolute atomic E-state index is 0.230. The number of halogens is 1. The van der Waals surface area contributed by atoms with Gasteiger partial charge in [-0.1, -0.05) is 17.7 Å². The van der Waals surface area contributed by atoms with Crippen molar-refractivity contribution in [1.82, 2.24) is 5.32 Å². The lowest BCUT2D eigenvalue weighted by molar-refractivity contribution is -0.117. The minimum Gasteiger partial charge on any atom is -0.297 e. The van der Waals surface area contributed by atoms with E-state index in [0.717, 1.165) is 16.8 Å². The van der Waals surface area contributed by atoms with Crippen molar-refractivity contribution in [2.75, 3.05) is 17.8 Å². The molecule has 0 aromatic heterocycles. The van der Waals surface area contributed by atoms with Crippen molar-refractivity contribution < 1.29 is 9.59 Å². The van der Waals surface area contributed by atoms with E-state index in [-0.39, 0.29) is 5.88 Å². The third kappa shape index (κ3) is 3.46. The number of hydrogen-bond donors (Lipinski definition) is 1. The van der Waals surface area contributed by atoms with E-state index in [2.05, 4.69) is 5.32 Å². The Kier molecular flexibility index (Phi) is 4.52. The van der Waals surface area contributed by atoms with Crippen LogP contribution in [-0.4, -0.2) is 24.9 Å². The van der Waals surface area contributed by atoms with Gasteiger partial charge in [-0.25, -0.2) is 4.79 Å². The smallest absolute Gasteiger partial charge is 0.297 e. The topological polar surface area (TPSA) is 49.4 Å². The molecule has 0 bridgehead atoms. The fraction of sp³-hybridized carbons (Fsp3) is 0.333. The molecule has 0 heterocycles. The number of rotatable bonds is 2. The average Bonchev–Trinajstić information content (AvgIpc) is 2.28. The molecule has 0 aliphatic carbocycles. The summed E-state index contributed by atoms with van der Waals surface area (Å²) in [4.78, 5) is 24.1. The van der Waals surface area contributed by atoms with Gasteiger partial charge in [0.25, 0.3) is 0 Å². The Labute approximate surface area is 106 Å². The summed E-state index contributed by atoms with van der Waals surface area (Å²) in [6, 6.07) is 5.25. The van der Waals surface area contributed by atoms with Crippen molar-refractivity contribution in [2.45, 2.75) is 13.8 Å². The molecule has 3 amide bonds. The molecule has 4 nitrogen and oxygen atoms in total. The number of alkyl halides is 1. The van der Waals surface area contributed by atoms with Crippen molar-refractivity contribution in [3.8, 4) is 0 Å². The first-order valence-electron chi connectivity index (χ1n) is 5.16. The van der Waals surface area contributed by atoms with E-state index in [1.165, 1.54) is 4.90 Å². The Balaban J connectivity index is 2.85. The minimum atomic E-state index is -0.506. The van der Waals surface area contributed by atoms with Crippen LogP contribution in [0.15, 0.2) is 18.2 Å². The number of anilines is 1. The monoisotopic (exact) mass is 254 g/mol. The number of hydrogen-bond acceptors (Lipinski definition) is 2. The zero-order valence-electron chi connectivity index (χ0n) is 10.1. The summed E-state index contributed by atoms with van der Waals surface area (Å²) in [6.07, 6.45) is 0. The number of aryl methyl sites for hydroxylation is 2. The van der Waals surface area contributed by atoms with Gasteiger partial charge in [0.15, 0.2) is 0 Å². The number of imide groups is 1. The molecule has 0 spiro atoms. The molecule has 0 saturated heterocycles. The molecular formula is C12H15ClN2O2. The van der Waals surface area contributed by atoms with Gasteiger partial charge < -0.3 is 0 Å². The quantitative estimate of drug-likeness (QED) is 0.823. The Morgan fingerprint density at radius 1 is 1.35 bits per heavy atom. The lowest BCUT2D eigenvalue weighted by Gasteiger charge is -2.19. The normalized spacial score (nSPS) is 9.88. The molecule has 0 unspecified atom stereocenters. The van der Waals surface area contributed by atoms with Gasteiger partial charge >= 0.3 is 6.03 Å². The molecule has 0 aliphatic heterocycles. The number of carbonyl (C=O) groups excluding carboxylic acids is 2. The lowest BCUT2D eigenvalue weighted by Crippen LogP contribution is -2.41. The number of amides is 3. The molecular weight excluding hydrogens is 240 g/mol. The first-order valence-corrected chi connectivity index (χ1v) is 5.70. The fourth-order valence-corrected chi connectivity index (χ4v) is 1.59. The highest BCUT2D eigenvalue weighted by Gasteiger charge is 2.14. The number of urea groups is 1. The average molecular weight is 255 g/mol. The zero-order chi connectivity index (χ0) is 13.0. The van der Waals surface area contributed by atoms with E-state index in [4.69, 9.17) is 11.6 Å². The van der Waals surface area contributed by atoms with E-state index in [9.17, 15) is 9.59 Å². The van der Waals surface area contributed by atoms with E-state index in [1.54, 1.807) is 7.05 Å². The van der Waals surface area contributed by atoms with Crippen LogP contribution < -0.4 is 10.2 Å². The molecule has 1 aromatic carbocycles. The molecule has 1 aromatic rings. The molecule has 17 heavy (non-hydrogen) atoms. The number of benzene rings is 1. The highest BCUT2D eigenvalue weighted by atomic mass is 35.5. The van der Waals surface area contributed by atoms with E-state index in [1.807, 2.05) is 32.0 Å². The number of nitrogens with zero attached hydrogens (tertiary/aromatic N) is 1. The summed E-state index contributed by atoms with van der Waals surface area (Å²) in [5.74, 6) is -0.736. The van der Waals surface area contributed by atoms with Gasteiger partial charge in [-0.15, -0.1) is 11.6 Å².